The monoisotopic (exact) mass is 346 g/mol. The second-order valence-corrected chi connectivity index (χ2v) is 6.68. The standard InChI is InChI=1S/C13H12Cl2N2O3S/c1-8-5-9(20-2)3-4-12(8)17-21(18,19)10-6-11(14)13(15)16-7-10/h3-7,17H,1-2H3. The van der Waals surface area contributed by atoms with Gasteiger partial charge in [-0.3, -0.25) is 4.72 Å². The van der Waals surface area contributed by atoms with Crippen LogP contribution in [0.15, 0.2) is 35.4 Å². The summed E-state index contributed by atoms with van der Waals surface area (Å²) in [4.78, 5) is 3.67. The van der Waals surface area contributed by atoms with Crippen LogP contribution in [-0.4, -0.2) is 20.5 Å². The number of sulfonamides is 1. The number of nitrogens with one attached hydrogen (secondary N) is 1. The van der Waals surface area contributed by atoms with Crippen LogP contribution in [0.25, 0.3) is 0 Å². The number of nitrogens with zero attached hydrogens (tertiary/aromatic N) is 1. The number of methoxy groups -OCH3 is 1. The van der Waals surface area contributed by atoms with Crippen LogP contribution in [0.1, 0.15) is 5.56 Å². The summed E-state index contributed by atoms with van der Waals surface area (Å²) in [6, 6.07) is 6.26. The minimum Gasteiger partial charge on any atom is -0.497 e. The van der Waals surface area contributed by atoms with E-state index in [1.165, 1.54) is 6.07 Å². The topological polar surface area (TPSA) is 68.3 Å². The number of benzene rings is 1. The molecule has 0 saturated carbocycles. The summed E-state index contributed by atoms with van der Waals surface area (Å²) in [6.45, 7) is 1.77. The zero-order valence-corrected chi connectivity index (χ0v) is 13.6. The third-order valence-electron chi connectivity index (χ3n) is 2.76. The average Bonchev–Trinajstić information content (AvgIpc) is 2.43. The van der Waals surface area contributed by atoms with E-state index in [0.29, 0.717) is 11.4 Å². The van der Waals surface area contributed by atoms with Gasteiger partial charge in [0.25, 0.3) is 10.0 Å². The third-order valence-corrected chi connectivity index (χ3v) is 4.78. The normalized spacial score (nSPS) is 11.2. The summed E-state index contributed by atoms with van der Waals surface area (Å²) in [7, 11) is -2.25. The van der Waals surface area contributed by atoms with Crippen molar-refractivity contribution in [3.05, 3.63) is 46.2 Å². The highest BCUT2D eigenvalue weighted by molar-refractivity contribution is 7.92. The fourth-order valence-electron chi connectivity index (χ4n) is 1.63. The summed E-state index contributed by atoms with van der Waals surface area (Å²) in [6.07, 6.45) is 1.15. The van der Waals surface area contributed by atoms with Crippen LogP contribution < -0.4 is 9.46 Å². The number of anilines is 1. The first kappa shape index (κ1) is 15.9. The van der Waals surface area contributed by atoms with Gasteiger partial charge in [-0.05, 0) is 36.8 Å². The van der Waals surface area contributed by atoms with E-state index in [9.17, 15) is 8.42 Å². The number of aryl methyl sites for hydroxylation is 1. The molecule has 0 radical (unpaired) electrons. The van der Waals surface area contributed by atoms with E-state index >= 15 is 0 Å². The summed E-state index contributed by atoms with van der Waals surface area (Å²) in [5.41, 5.74) is 1.17. The number of halogens is 2. The van der Waals surface area contributed by atoms with Gasteiger partial charge < -0.3 is 4.74 Å². The molecule has 21 heavy (non-hydrogen) atoms. The van der Waals surface area contributed by atoms with Gasteiger partial charge in [0.05, 0.1) is 17.8 Å². The van der Waals surface area contributed by atoms with E-state index < -0.39 is 10.0 Å². The van der Waals surface area contributed by atoms with Gasteiger partial charge in [0.2, 0.25) is 0 Å². The molecular weight excluding hydrogens is 335 g/mol. The van der Waals surface area contributed by atoms with Gasteiger partial charge in [-0.15, -0.1) is 0 Å². The largest absolute Gasteiger partial charge is 0.497 e. The van der Waals surface area contributed by atoms with E-state index in [1.807, 2.05) is 0 Å². The first-order chi connectivity index (χ1) is 9.83. The Hall–Kier alpha value is -1.50. The van der Waals surface area contributed by atoms with Gasteiger partial charge in [0, 0.05) is 6.20 Å². The highest BCUT2D eigenvalue weighted by Crippen LogP contribution is 2.26. The van der Waals surface area contributed by atoms with Gasteiger partial charge in [-0.25, -0.2) is 13.4 Å². The number of hydrogen-bond donors (Lipinski definition) is 1. The maximum Gasteiger partial charge on any atom is 0.263 e. The lowest BCUT2D eigenvalue weighted by Gasteiger charge is -2.11. The molecule has 1 N–H and O–H groups in total. The highest BCUT2D eigenvalue weighted by Gasteiger charge is 2.17. The zero-order valence-electron chi connectivity index (χ0n) is 11.2. The lowest BCUT2D eigenvalue weighted by Crippen LogP contribution is -2.14. The molecule has 5 nitrogen and oxygen atoms in total. The Morgan fingerprint density at radius 3 is 2.52 bits per heavy atom. The minimum atomic E-state index is -3.79. The van der Waals surface area contributed by atoms with Crippen molar-refractivity contribution in [2.45, 2.75) is 11.8 Å². The third kappa shape index (κ3) is 3.58. The fourth-order valence-corrected chi connectivity index (χ4v) is 3.07. The molecule has 0 saturated heterocycles. The Morgan fingerprint density at radius 2 is 1.95 bits per heavy atom. The molecule has 2 aromatic rings. The lowest BCUT2D eigenvalue weighted by molar-refractivity contribution is 0.414. The molecule has 8 heteroatoms. The van der Waals surface area contributed by atoms with E-state index in [-0.39, 0.29) is 15.1 Å². The maximum atomic E-state index is 12.3. The van der Waals surface area contributed by atoms with Crippen molar-refractivity contribution in [1.82, 2.24) is 4.98 Å². The summed E-state index contributed by atoms with van der Waals surface area (Å²) in [5, 5.41) is 0.127. The molecule has 0 atom stereocenters. The molecule has 1 aromatic carbocycles. The van der Waals surface area contributed by atoms with Crippen molar-refractivity contribution in [3.63, 3.8) is 0 Å². The predicted molar refractivity (Wildman–Crippen MR) is 82.8 cm³/mol. The van der Waals surface area contributed by atoms with E-state index in [2.05, 4.69) is 9.71 Å². The quantitative estimate of drug-likeness (QED) is 0.860. The molecule has 0 aliphatic carbocycles. The van der Waals surface area contributed by atoms with Gasteiger partial charge in [-0.1, -0.05) is 23.2 Å². The number of aromatic nitrogens is 1. The minimum absolute atomic E-state index is 0.0521. The Balaban J connectivity index is 2.35. The summed E-state index contributed by atoms with van der Waals surface area (Å²) < 4.78 is 32.1. The van der Waals surface area contributed by atoms with Crippen LogP contribution in [0.3, 0.4) is 0 Å². The van der Waals surface area contributed by atoms with Crippen molar-refractivity contribution in [1.29, 1.82) is 0 Å². The van der Waals surface area contributed by atoms with Gasteiger partial charge in [0.15, 0.2) is 0 Å². The molecule has 0 spiro atoms. The molecule has 0 unspecified atom stereocenters. The van der Waals surface area contributed by atoms with Gasteiger partial charge in [-0.2, -0.15) is 0 Å². The SMILES string of the molecule is COc1ccc(NS(=O)(=O)c2cnc(Cl)c(Cl)c2)c(C)c1. The van der Waals surface area contributed by atoms with E-state index in [4.69, 9.17) is 27.9 Å². The van der Waals surface area contributed by atoms with E-state index in [0.717, 1.165) is 11.8 Å². The molecule has 0 fully saturated rings. The Labute approximate surface area is 132 Å². The second kappa shape index (κ2) is 6.09. The van der Waals surface area contributed by atoms with E-state index in [1.54, 1.807) is 32.2 Å². The average molecular weight is 347 g/mol. The molecule has 112 valence electrons. The van der Waals surface area contributed by atoms with Crippen LogP contribution in [0, 0.1) is 6.92 Å². The highest BCUT2D eigenvalue weighted by atomic mass is 35.5. The molecule has 0 amide bonds. The number of ether oxygens (including phenoxy) is 1. The zero-order chi connectivity index (χ0) is 15.6. The first-order valence-corrected chi connectivity index (χ1v) is 8.06. The predicted octanol–water partition coefficient (Wildman–Crippen LogP) is 3.51. The number of hydrogen-bond acceptors (Lipinski definition) is 4. The summed E-state index contributed by atoms with van der Waals surface area (Å²) in [5.74, 6) is 0.645. The molecule has 2 rings (SSSR count). The van der Waals surface area contributed by atoms with Crippen LogP contribution in [-0.2, 0) is 10.0 Å². The van der Waals surface area contributed by atoms with Crippen molar-refractivity contribution in [2.75, 3.05) is 11.8 Å². The van der Waals surface area contributed by atoms with Crippen molar-refractivity contribution in [3.8, 4) is 5.75 Å². The fraction of sp³-hybridized carbons (Fsp3) is 0.154. The Morgan fingerprint density at radius 1 is 1.24 bits per heavy atom. The molecule has 1 aromatic heterocycles. The van der Waals surface area contributed by atoms with Crippen LogP contribution >= 0.6 is 23.2 Å². The number of pyridine rings is 1. The molecule has 1 heterocycles. The van der Waals surface area contributed by atoms with Crippen LogP contribution in [0.2, 0.25) is 10.2 Å². The molecule has 0 aliphatic rings. The molecule has 0 bridgehead atoms. The Bertz CT molecular complexity index is 779. The van der Waals surface area contributed by atoms with Crippen molar-refractivity contribution >= 4 is 38.9 Å². The first-order valence-electron chi connectivity index (χ1n) is 5.82. The smallest absolute Gasteiger partial charge is 0.263 e. The molecular formula is C13H12Cl2N2O3S. The number of rotatable bonds is 4. The van der Waals surface area contributed by atoms with Crippen LogP contribution in [0.5, 0.6) is 5.75 Å². The van der Waals surface area contributed by atoms with Crippen molar-refractivity contribution < 1.29 is 13.2 Å². The lowest BCUT2D eigenvalue weighted by atomic mass is 10.2. The van der Waals surface area contributed by atoms with Crippen LogP contribution in [0.4, 0.5) is 5.69 Å². The molecule has 0 aliphatic heterocycles. The Kier molecular flexibility index (Phi) is 4.61. The maximum absolute atomic E-state index is 12.3. The van der Waals surface area contributed by atoms with Gasteiger partial charge >= 0.3 is 0 Å². The van der Waals surface area contributed by atoms with Gasteiger partial charge in [0.1, 0.15) is 15.8 Å². The van der Waals surface area contributed by atoms with Crippen molar-refractivity contribution in [2.24, 2.45) is 0 Å². The summed E-state index contributed by atoms with van der Waals surface area (Å²) >= 11 is 11.5. The second-order valence-electron chi connectivity index (χ2n) is 4.23.